The lowest BCUT2D eigenvalue weighted by atomic mass is 9.99. The normalized spacial score (nSPS) is 23.9. The van der Waals surface area contributed by atoms with E-state index in [1.807, 2.05) is 18.0 Å². The number of nitrogens with one attached hydrogen (secondary N) is 1. The van der Waals surface area contributed by atoms with Crippen LogP contribution in [-0.4, -0.2) is 40.7 Å². The Morgan fingerprint density at radius 2 is 2.38 bits per heavy atom. The second-order valence-corrected chi connectivity index (χ2v) is 7.48. The van der Waals surface area contributed by atoms with Gasteiger partial charge in [0, 0.05) is 30.8 Å². The van der Waals surface area contributed by atoms with E-state index in [2.05, 4.69) is 10.3 Å². The molecule has 3 rings (SSSR count). The van der Waals surface area contributed by atoms with Crippen LogP contribution in [0.2, 0.25) is 0 Å². The van der Waals surface area contributed by atoms with Crippen molar-refractivity contribution in [3.8, 4) is 0 Å². The fourth-order valence-corrected chi connectivity index (χ4v) is 3.87. The minimum absolute atomic E-state index is 0.00194. The molecule has 21 heavy (non-hydrogen) atoms. The summed E-state index contributed by atoms with van der Waals surface area (Å²) >= 11 is 1.67. The van der Waals surface area contributed by atoms with Gasteiger partial charge in [-0.1, -0.05) is 0 Å². The first-order valence-electron chi connectivity index (χ1n) is 7.76. The molecule has 2 aliphatic rings. The van der Waals surface area contributed by atoms with E-state index in [-0.39, 0.29) is 24.6 Å². The lowest BCUT2D eigenvalue weighted by Gasteiger charge is -2.33. The molecule has 1 saturated carbocycles. The van der Waals surface area contributed by atoms with Gasteiger partial charge in [-0.05, 0) is 44.4 Å². The highest BCUT2D eigenvalue weighted by atomic mass is 32.1. The minimum Gasteiger partial charge on any atom is -0.396 e. The van der Waals surface area contributed by atoms with Gasteiger partial charge in [-0.25, -0.2) is 9.78 Å². The number of aryl methyl sites for hydroxylation is 1. The van der Waals surface area contributed by atoms with Crippen molar-refractivity contribution >= 4 is 17.4 Å². The number of carbonyl (C=O) groups is 1. The van der Waals surface area contributed by atoms with Gasteiger partial charge in [0.15, 0.2) is 0 Å². The van der Waals surface area contributed by atoms with Crippen LogP contribution in [0.25, 0.3) is 0 Å². The molecule has 2 heterocycles. The van der Waals surface area contributed by atoms with Gasteiger partial charge in [-0.2, -0.15) is 0 Å². The van der Waals surface area contributed by atoms with Gasteiger partial charge in [-0.3, -0.25) is 0 Å². The third-order valence-electron chi connectivity index (χ3n) is 4.34. The lowest BCUT2D eigenvalue weighted by Crippen LogP contribution is -2.47. The van der Waals surface area contributed by atoms with Crippen LogP contribution in [0.15, 0.2) is 6.20 Å². The van der Waals surface area contributed by atoms with E-state index in [1.165, 1.54) is 17.7 Å². The van der Waals surface area contributed by atoms with Gasteiger partial charge >= 0.3 is 6.03 Å². The maximum atomic E-state index is 12.5. The monoisotopic (exact) mass is 309 g/mol. The number of rotatable bonds is 4. The van der Waals surface area contributed by atoms with Crippen LogP contribution in [0.3, 0.4) is 0 Å². The molecule has 116 valence electrons. The molecule has 1 aliphatic carbocycles. The van der Waals surface area contributed by atoms with Crippen LogP contribution in [0, 0.1) is 18.8 Å². The van der Waals surface area contributed by atoms with E-state index < -0.39 is 0 Å². The fraction of sp³-hybridized carbons (Fsp3) is 0.733. The third kappa shape index (κ3) is 3.55. The number of urea groups is 1. The average molecular weight is 309 g/mol. The van der Waals surface area contributed by atoms with Crippen molar-refractivity contribution in [1.82, 2.24) is 15.2 Å². The predicted molar refractivity (Wildman–Crippen MR) is 82.2 cm³/mol. The highest BCUT2D eigenvalue weighted by molar-refractivity contribution is 7.11. The minimum atomic E-state index is -0.00194. The molecule has 2 atom stereocenters. The summed E-state index contributed by atoms with van der Waals surface area (Å²) in [6, 6.07) is 0.0589. The highest BCUT2D eigenvalue weighted by Gasteiger charge is 2.36. The molecular weight excluding hydrogens is 286 g/mol. The Bertz CT molecular complexity index is 501. The zero-order valence-corrected chi connectivity index (χ0v) is 13.2. The van der Waals surface area contributed by atoms with Crippen molar-refractivity contribution in [2.45, 2.75) is 38.6 Å². The first-order valence-corrected chi connectivity index (χ1v) is 8.57. The number of nitrogens with zero attached hydrogens (tertiary/aromatic N) is 2. The summed E-state index contributed by atoms with van der Waals surface area (Å²) in [5.74, 6) is 0.768. The molecular formula is C15H23N3O2S. The number of likely N-dealkylation sites (tertiary alicyclic amines) is 1. The van der Waals surface area contributed by atoms with Crippen molar-refractivity contribution in [1.29, 1.82) is 0 Å². The lowest BCUT2D eigenvalue weighted by molar-refractivity contribution is 0.127. The van der Waals surface area contributed by atoms with Crippen LogP contribution >= 0.6 is 11.3 Å². The Hall–Kier alpha value is -1.14. The molecule has 0 bridgehead atoms. The molecule has 2 fully saturated rings. The molecule has 2 unspecified atom stereocenters. The number of hydrogen-bond donors (Lipinski definition) is 2. The number of aromatic nitrogens is 1. The molecule has 6 heteroatoms. The van der Waals surface area contributed by atoms with Crippen molar-refractivity contribution in [3.05, 3.63) is 16.1 Å². The van der Waals surface area contributed by atoms with Gasteiger partial charge in [0.25, 0.3) is 0 Å². The van der Waals surface area contributed by atoms with Crippen molar-refractivity contribution in [2.24, 2.45) is 11.8 Å². The summed E-state index contributed by atoms with van der Waals surface area (Å²) < 4.78 is 0. The summed E-state index contributed by atoms with van der Waals surface area (Å²) in [5.41, 5.74) is 0. The Morgan fingerprint density at radius 3 is 3.00 bits per heavy atom. The van der Waals surface area contributed by atoms with E-state index in [0.29, 0.717) is 12.5 Å². The SMILES string of the molecule is Cc1cnc(C(NC(=O)N2CCCC(CO)C2)C2CC2)s1. The fourth-order valence-electron chi connectivity index (χ4n) is 2.95. The van der Waals surface area contributed by atoms with E-state index in [0.717, 1.165) is 24.4 Å². The number of carbonyl (C=O) groups excluding carboxylic acids is 1. The van der Waals surface area contributed by atoms with Crippen molar-refractivity contribution in [3.63, 3.8) is 0 Å². The number of thiazole rings is 1. The predicted octanol–water partition coefficient (Wildman–Crippen LogP) is 2.32. The molecule has 1 aromatic rings. The molecule has 5 nitrogen and oxygen atoms in total. The smallest absolute Gasteiger partial charge is 0.317 e. The molecule has 0 aromatic carbocycles. The Morgan fingerprint density at radius 1 is 1.57 bits per heavy atom. The van der Waals surface area contributed by atoms with Crippen LogP contribution in [0.1, 0.15) is 41.6 Å². The zero-order chi connectivity index (χ0) is 14.8. The molecule has 0 spiro atoms. The summed E-state index contributed by atoms with van der Waals surface area (Å²) in [6.45, 7) is 3.66. The average Bonchev–Trinajstić information content (AvgIpc) is 3.26. The van der Waals surface area contributed by atoms with E-state index in [9.17, 15) is 9.90 Å². The summed E-state index contributed by atoms with van der Waals surface area (Å²) in [4.78, 5) is 20.0. The van der Waals surface area contributed by atoms with Gasteiger partial charge in [0.05, 0.1) is 6.04 Å². The quantitative estimate of drug-likeness (QED) is 0.897. The van der Waals surface area contributed by atoms with Crippen LogP contribution in [-0.2, 0) is 0 Å². The summed E-state index contributed by atoms with van der Waals surface area (Å²) in [6.07, 6.45) is 6.21. The van der Waals surface area contributed by atoms with E-state index >= 15 is 0 Å². The number of piperidine rings is 1. The van der Waals surface area contributed by atoms with Gasteiger partial charge in [0.2, 0.25) is 0 Å². The maximum Gasteiger partial charge on any atom is 0.317 e. The first kappa shape index (κ1) is 14.8. The number of aliphatic hydroxyl groups is 1. The summed E-state index contributed by atoms with van der Waals surface area (Å²) in [7, 11) is 0. The standard InChI is InChI=1S/C15H23N3O2S/c1-10-7-16-14(21-10)13(12-4-5-12)17-15(20)18-6-2-3-11(8-18)9-19/h7,11-13,19H,2-6,8-9H2,1H3,(H,17,20). The molecule has 1 aliphatic heterocycles. The first-order chi connectivity index (χ1) is 10.2. The van der Waals surface area contributed by atoms with Crippen LogP contribution < -0.4 is 5.32 Å². The van der Waals surface area contributed by atoms with Crippen LogP contribution in [0.5, 0.6) is 0 Å². The Kier molecular flexibility index (Phi) is 4.45. The van der Waals surface area contributed by atoms with Crippen molar-refractivity contribution < 1.29 is 9.90 Å². The molecule has 1 saturated heterocycles. The highest BCUT2D eigenvalue weighted by Crippen LogP contribution is 2.42. The zero-order valence-electron chi connectivity index (χ0n) is 12.4. The molecule has 1 aromatic heterocycles. The summed E-state index contributed by atoms with van der Waals surface area (Å²) in [5, 5.41) is 13.5. The largest absolute Gasteiger partial charge is 0.396 e. The number of aliphatic hydroxyl groups excluding tert-OH is 1. The van der Waals surface area contributed by atoms with Crippen molar-refractivity contribution in [2.75, 3.05) is 19.7 Å². The second-order valence-electron chi connectivity index (χ2n) is 6.21. The molecule has 2 amide bonds. The second kappa shape index (κ2) is 6.32. The Balaban J connectivity index is 1.64. The Labute approximate surface area is 129 Å². The molecule has 2 N–H and O–H groups in total. The van der Waals surface area contributed by atoms with Gasteiger partial charge in [-0.15, -0.1) is 11.3 Å². The van der Waals surface area contributed by atoms with Gasteiger partial charge < -0.3 is 15.3 Å². The van der Waals surface area contributed by atoms with E-state index in [4.69, 9.17) is 0 Å². The van der Waals surface area contributed by atoms with Gasteiger partial charge in [0.1, 0.15) is 5.01 Å². The topological polar surface area (TPSA) is 65.5 Å². The third-order valence-corrected chi connectivity index (χ3v) is 5.34. The number of amides is 2. The molecule has 0 radical (unpaired) electrons. The number of hydrogen-bond acceptors (Lipinski definition) is 4. The van der Waals surface area contributed by atoms with E-state index in [1.54, 1.807) is 11.3 Å². The maximum absolute atomic E-state index is 12.5. The van der Waals surface area contributed by atoms with Crippen LogP contribution in [0.4, 0.5) is 4.79 Å².